The molecule has 26 heavy (non-hydrogen) atoms. The molecule has 0 aromatic heterocycles. The number of nitrogens with one attached hydrogen (secondary N) is 1. The van der Waals surface area contributed by atoms with E-state index in [1.807, 2.05) is 32.0 Å². The van der Waals surface area contributed by atoms with Gasteiger partial charge in [0.1, 0.15) is 0 Å². The molecule has 144 valence electrons. The highest BCUT2D eigenvalue weighted by molar-refractivity contribution is 5.20. The first-order valence-electron chi connectivity index (χ1n) is 9.99. The van der Waals surface area contributed by atoms with E-state index in [1.54, 1.807) is 0 Å². The van der Waals surface area contributed by atoms with Gasteiger partial charge in [0.15, 0.2) is 0 Å². The van der Waals surface area contributed by atoms with E-state index in [9.17, 15) is 0 Å². The number of aryl methyl sites for hydroxylation is 3. The van der Waals surface area contributed by atoms with Gasteiger partial charge < -0.3 is 5.32 Å². The molecule has 1 fully saturated rings. The Morgan fingerprint density at radius 3 is 1.81 bits per heavy atom. The van der Waals surface area contributed by atoms with Gasteiger partial charge in [-0.15, -0.1) is 0 Å². The predicted octanol–water partition coefficient (Wildman–Crippen LogP) is 6.89. The smallest absolute Gasteiger partial charge is 0.0274 e. The normalized spacial score (nSPS) is 14.6. The van der Waals surface area contributed by atoms with Crippen LogP contribution >= 0.6 is 0 Å². The maximum absolute atomic E-state index is 3.87. The van der Waals surface area contributed by atoms with Gasteiger partial charge in [-0.3, -0.25) is 0 Å². The summed E-state index contributed by atoms with van der Waals surface area (Å²) in [5, 5.41) is 3.36. The van der Waals surface area contributed by atoms with Crippen LogP contribution in [0.4, 0.5) is 0 Å². The largest absolute Gasteiger partial charge is 0.310 e. The molecule has 1 atom stereocenters. The summed E-state index contributed by atoms with van der Waals surface area (Å²) in [5.41, 5.74) is 5.36. The van der Waals surface area contributed by atoms with Gasteiger partial charge in [0.05, 0.1) is 0 Å². The monoisotopic (exact) mass is 353 g/mol. The molecule has 0 spiro atoms. The van der Waals surface area contributed by atoms with Crippen LogP contribution in [0.3, 0.4) is 0 Å². The zero-order chi connectivity index (χ0) is 19.8. The van der Waals surface area contributed by atoms with E-state index in [1.165, 1.54) is 41.6 Å². The average Bonchev–Trinajstić information content (AvgIpc) is 3.21. The van der Waals surface area contributed by atoms with Crippen LogP contribution in [0.5, 0.6) is 0 Å². The maximum Gasteiger partial charge on any atom is 0.0274 e. The van der Waals surface area contributed by atoms with Crippen LogP contribution in [0.1, 0.15) is 57.2 Å². The minimum atomic E-state index is 0.620. The third-order valence-corrected chi connectivity index (χ3v) is 4.12. The summed E-state index contributed by atoms with van der Waals surface area (Å²) in [5.74, 6) is 0. The van der Waals surface area contributed by atoms with Crippen LogP contribution in [0, 0.1) is 13.8 Å². The highest BCUT2D eigenvalue weighted by Crippen LogP contribution is 2.10. The average molecular weight is 354 g/mol. The van der Waals surface area contributed by atoms with Crippen molar-refractivity contribution in [3.05, 3.63) is 83.4 Å². The van der Waals surface area contributed by atoms with Crippen molar-refractivity contribution in [2.24, 2.45) is 0 Å². The Bertz CT molecular complexity index is 563. The summed E-state index contributed by atoms with van der Waals surface area (Å²) in [6.07, 6.45) is 3.74. The summed E-state index contributed by atoms with van der Waals surface area (Å²) in [6.45, 7) is 17.5. The fraction of sp³-hybridized carbons (Fsp3) is 0.440. The lowest BCUT2D eigenvalue weighted by Gasteiger charge is -2.06. The summed E-state index contributed by atoms with van der Waals surface area (Å²) in [6, 6.07) is 19.5. The third-order valence-electron chi connectivity index (χ3n) is 4.12. The first kappa shape index (κ1) is 24.1. The Balaban J connectivity index is 0.000000346. The highest BCUT2D eigenvalue weighted by atomic mass is 14.9. The molecule has 2 aromatic carbocycles. The lowest BCUT2D eigenvalue weighted by Crippen LogP contribution is -2.21. The Morgan fingerprint density at radius 1 is 0.962 bits per heavy atom. The molecule has 1 N–H and O–H groups in total. The van der Waals surface area contributed by atoms with Crippen molar-refractivity contribution in [2.45, 2.75) is 66.8 Å². The molecule has 1 saturated heterocycles. The maximum atomic E-state index is 3.87. The Hall–Kier alpha value is -1.86. The topological polar surface area (TPSA) is 12.0 Å². The first-order chi connectivity index (χ1) is 12.5. The number of hydrogen-bond acceptors (Lipinski definition) is 1. The van der Waals surface area contributed by atoms with Gasteiger partial charge in [0.25, 0.3) is 0 Å². The molecule has 0 amide bonds. The fourth-order valence-electron chi connectivity index (χ4n) is 2.46. The van der Waals surface area contributed by atoms with Gasteiger partial charge in [-0.25, -0.2) is 0 Å². The minimum Gasteiger partial charge on any atom is -0.310 e. The lowest BCUT2D eigenvalue weighted by molar-refractivity contribution is 0.692. The van der Waals surface area contributed by atoms with Crippen molar-refractivity contribution in [1.82, 2.24) is 5.32 Å². The van der Waals surface area contributed by atoms with Gasteiger partial charge in [-0.05, 0) is 52.1 Å². The first-order valence-corrected chi connectivity index (χ1v) is 9.99. The van der Waals surface area contributed by atoms with Crippen LogP contribution < -0.4 is 5.32 Å². The lowest BCUT2D eigenvalue weighted by atomic mass is 10.1. The molecule has 0 radical (unpaired) electrons. The summed E-state index contributed by atoms with van der Waals surface area (Å²) >= 11 is 0. The highest BCUT2D eigenvalue weighted by Gasteiger charge is 2.12. The van der Waals surface area contributed by atoms with Crippen molar-refractivity contribution < 1.29 is 0 Å². The molecular weight excluding hydrogens is 314 g/mol. The summed E-state index contributed by atoms with van der Waals surface area (Å²) in [7, 11) is 0. The molecule has 0 aliphatic carbocycles. The van der Waals surface area contributed by atoms with Gasteiger partial charge in [-0.1, -0.05) is 98.6 Å². The van der Waals surface area contributed by atoms with E-state index in [4.69, 9.17) is 0 Å². The third kappa shape index (κ3) is 11.7. The molecule has 3 rings (SSSR count). The van der Waals surface area contributed by atoms with Gasteiger partial charge >= 0.3 is 0 Å². The number of rotatable bonds is 2. The van der Waals surface area contributed by atoms with E-state index >= 15 is 0 Å². The van der Waals surface area contributed by atoms with Crippen molar-refractivity contribution in [3.63, 3.8) is 0 Å². The van der Waals surface area contributed by atoms with Crippen LogP contribution in [-0.4, -0.2) is 12.6 Å². The van der Waals surface area contributed by atoms with E-state index in [-0.39, 0.29) is 0 Å². The van der Waals surface area contributed by atoms with E-state index in [2.05, 4.69) is 76.0 Å². The molecule has 0 bridgehead atoms. The standard InChI is InChI=1S/C9H12.C7H13N.C7H8.C2H6/c1-3-9-6-4-8(2)5-7-9;1-6(2)7-4-3-5-8-7;1-7-5-3-2-4-6-7;1-2/h4-7H,3H2,1-2H3;7-8H,1,3-5H2,2H3;2-6H,1H3;1-2H3. The predicted molar refractivity (Wildman–Crippen MR) is 119 cm³/mol. The SMILES string of the molecule is C=C(C)C1CCCN1.CC.CCc1ccc(C)cc1.Cc1ccccc1. The Morgan fingerprint density at radius 2 is 1.50 bits per heavy atom. The Labute approximate surface area is 162 Å². The Kier molecular flexibility index (Phi) is 14.3. The number of hydrogen-bond donors (Lipinski definition) is 1. The van der Waals surface area contributed by atoms with Crippen molar-refractivity contribution in [2.75, 3.05) is 6.54 Å². The van der Waals surface area contributed by atoms with Gasteiger partial charge in [0, 0.05) is 6.04 Å². The van der Waals surface area contributed by atoms with E-state index < -0.39 is 0 Å². The van der Waals surface area contributed by atoms with Crippen LogP contribution in [0.25, 0.3) is 0 Å². The van der Waals surface area contributed by atoms with Gasteiger partial charge in [-0.2, -0.15) is 0 Å². The van der Waals surface area contributed by atoms with Crippen molar-refractivity contribution in [1.29, 1.82) is 0 Å². The minimum absolute atomic E-state index is 0.620. The second-order valence-electron chi connectivity index (χ2n) is 6.49. The molecule has 1 heteroatoms. The molecule has 1 unspecified atom stereocenters. The zero-order valence-electron chi connectivity index (χ0n) is 17.8. The summed E-state index contributed by atoms with van der Waals surface area (Å²) < 4.78 is 0. The fourth-order valence-corrected chi connectivity index (χ4v) is 2.46. The molecule has 1 aliphatic rings. The van der Waals surface area contributed by atoms with Crippen LogP contribution in [0.15, 0.2) is 66.7 Å². The zero-order valence-corrected chi connectivity index (χ0v) is 17.8. The molecular formula is C25H39N. The second kappa shape index (κ2) is 15.4. The molecule has 1 heterocycles. The second-order valence-corrected chi connectivity index (χ2v) is 6.49. The van der Waals surface area contributed by atoms with Crippen molar-refractivity contribution >= 4 is 0 Å². The number of benzene rings is 2. The van der Waals surface area contributed by atoms with Crippen molar-refractivity contribution in [3.8, 4) is 0 Å². The van der Waals surface area contributed by atoms with Crippen LogP contribution in [0.2, 0.25) is 0 Å². The molecule has 0 saturated carbocycles. The molecule has 1 aliphatic heterocycles. The van der Waals surface area contributed by atoms with E-state index in [0.29, 0.717) is 6.04 Å². The summed E-state index contributed by atoms with van der Waals surface area (Å²) in [4.78, 5) is 0. The quantitative estimate of drug-likeness (QED) is 0.579. The molecule has 1 nitrogen and oxygen atoms in total. The van der Waals surface area contributed by atoms with Crippen LogP contribution in [-0.2, 0) is 6.42 Å². The molecule has 2 aromatic rings. The van der Waals surface area contributed by atoms with E-state index in [0.717, 1.165) is 6.42 Å². The van der Waals surface area contributed by atoms with Gasteiger partial charge in [0.2, 0.25) is 0 Å².